The monoisotopic (exact) mass is 296 g/mol. The van der Waals surface area contributed by atoms with Gasteiger partial charge in [-0.15, -0.1) is 0 Å². The van der Waals surface area contributed by atoms with Crippen LogP contribution >= 0.6 is 11.6 Å². The molecule has 2 N–H and O–H groups in total. The van der Waals surface area contributed by atoms with Crippen molar-refractivity contribution in [2.24, 2.45) is 5.92 Å². The molecule has 2 unspecified atom stereocenters. The fourth-order valence-corrected chi connectivity index (χ4v) is 2.65. The van der Waals surface area contributed by atoms with E-state index >= 15 is 0 Å². The molecule has 1 aliphatic rings. The minimum atomic E-state index is -0.866. The highest BCUT2D eigenvalue weighted by Gasteiger charge is 2.37. The maximum atomic E-state index is 11.9. The molecule has 0 saturated carbocycles. The lowest BCUT2D eigenvalue weighted by Crippen LogP contribution is -2.43. The first-order chi connectivity index (χ1) is 9.47. The Morgan fingerprint density at radius 1 is 1.40 bits per heavy atom. The first-order valence-electron chi connectivity index (χ1n) is 6.49. The third kappa shape index (κ3) is 3.49. The summed E-state index contributed by atoms with van der Waals surface area (Å²) in [6.07, 6.45) is 0.797. The maximum Gasteiger partial charge on any atom is 0.321 e. The summed E-state index contributed by atoms with van der Waals surface area (Å²) in [6.45, 7) is 2.62. The Morgan fingerprint density at radius 2 is 2.05 bits per heavy atom. The summed E-state index contributed by atoms with van der Waals surface area (Å²) < 4.78 is 0. The summed E-state index contributed by atoms with van der Waals surface area (Å²) >= 11 is 5.77. The van der Waals surface area contributed by atoms with Crippen molar-refractivity contribution in [1.29, 1.82) is 0 Å². The lowest BCUT2D eigenvalue weighted by Gasteiger charge is -2.22. The van der Waals surface area contributed by atoms with Crippen molar-refractivity contribution in [2.45, 2.75) is 19.4 Å². The van der Waals surface area contributed by atoms with Crippen LogP contribution in [-0.2, 0) is 9.59 Å². The largest absolute Gasteiger partial charge is 0.480 e. The van der Waals surface area contributed by atoms with Crippen LogP contribution in [0.1, 0.15) is 13.3 Å². The predicted octanol–water partition coefficient (Wildman–Crippen LogP) is 2.07. The van der Waals surface area contributed by atoms with Gasteiger partial charge in [0.05, 0.1) is 6.54 Å². The van der Waals surface area contributed by atoms with E-state index in [9.17, 15) is 14.7 Å². The summed E-state index contributed by atoms with van der Waals surface area (Å²) in [5.41, 5.74) is 0.651. The second kappa shape index (κ2) is 6.24. The van der Waals surface area contributed by atoms with Gasteiger partial charge in [-0.3, -0.25) is 14.5 Å². The van der Waals surface area contributed by atoms with Crippen LogP contribution in [0, 0.1) is 5.92 Å². The van der Waals surface area contributed by atoms with Gasteiger partial charge in [0, 0.05) is 10.7 Å². The Hall–Kier alpha value is -1.59. The number of amides is 1. The van der Waals surface area contributed by atoms with Crippen LogP contribution in [0.15, 0.2) is 24.3 Å². The SMILES string of the molecule is CC1CCN(CC(=O)Nc2ccc(Cl)cc2)C1C(=O)O. The molecule has 1 aromatic rings. The van der Waals surface area contributed by atoms with Gasteiger partial charge in [0.1, 0.15) is 6.04 Å². The van der Waals surface area contributed by atoms with Gasteiger partial charge in [0.15, 0.2) is 0 Å². The first-order valence-corrected chi connectivity index (χ1v) is 6.87. The number of carboxylic acids is 1. The van der Waals surface area contributed by atoms with Gasteiger partial charge in [-0.1, -0.05) is 18.5 Å². The van der Waals surface area contributed by atoms with Crippen molar-refractivity contribution in [2.75, 3.05) is 18.4 Å². The zero-order chi connectivity index (χ0) is 14.7. The summed E-state index contributed by atoms with van der Waals surface area (Å²) in [5.74, 6) is -1.02. The third-order valence-corrected chi connectivity index (χ3v) is 3.78. The number of rotatable bonds is 4. The summed E-state index contributed by atoms with van der Waals surface area (Å²) in [7, 11) is 0. The third-order valence-electron chi connectivity index (χ3n) is 3.53. The molecule has 1 heterocycles. The molecule has 0 bridgehead atoms. The maximum absolute atomic E-state index is 11.9. The molecule has 2 atom stereocenters. The van der Waals surface area contributed by atoms with Gasteiger partial charge in [0.25, 0.3) is 0 Å². The van der Waals surface area contributed by atoms with E-state index < -0.39 is 12.0 Å². The molecular weight excluding hydrogens is 280 g/mol. The van der Waals surface area contributed by atoms with Crippen LogP contribution in [0.25, 0.3) is 0 Å². The van der Waals surface area contributed by atoms with Crippen molar-refractivity contribution >= 4 is 29.2 Å². The Labute approximate surface area is 122 Å². The van der Waals surface area contributed by atoms with Crippen molar-refractivity contribution < 1.29 is 14.7 Å². The lowest BCUT2D eigenvalue weighted by atomic mass is 10.0. The van der Waals surface area contributed by atoms with E-state index in [2.05, 4.69) is 5.32 Å². The smallest absolute Gasteiger partial charge is 0.321 e. The van der Waals surface area contributed by atoms with E-state index in [0.29, 0.717) is 17.3 Å². The molecule has 1 aliphatic heterocycles. The highest BCUT2D eigenvalue weighted by atomic mass is 35.5. The molecule has 0 spiro atoms. The van der Waals surface area contributed by atoms with Crippen LogP contribution in [0.3, 0.4) is 0 Å². The number of anilines is 1. The van der Waals surface area contributed by atoms with Crippen molar-refractivity contribution in [1.82, 2.24) is 4.90 Å². The van der Waals surface area contributed by atoms with Gasteiger partial charge in [-0.25, -0.2) is 0 Å². The normalized spacial score (nSPS) is 22.7. The van der Waals surface area contributed by atoms with Crippen LogP contribution in [0.2, 0.25) is 5.02 Å². The number of benzene rings is 1. The number of carbonyl (C=O) groups excluding carboxylic acids is 1. The van der Waals surface area contributed by atoms with Crippen LogP contribution in [-0.4, -0.2) is 41.0 Å². The number of carbonyl (C=O) groups is 2. The zero-order valence-electron chi connectivity index (χ0n) is 11.2. The minimum Gasteiger partial charge on any atom is -0.480 e. The predicted molar refractivity (Wildman–Crippen MR) is 76.9 cm³/mol. The number of nitrogens with zero attached hydrogens (tertiary/aromatic N) is 1. The topological polar surface area (TPSA) is 69.6 Å². The molecule has 108 valence electrons. The fraction of sp³-hybridized carbons (Fsp3) is 0.429. The Kier molecular flexibility index (Phi) is 4.62. The molecule has 0 radical (unpaired) electrons. The van der Waals surface area contributed by atoms with Crippen molar-refractivity contribution in [3.05, 3.63) is 29.3 Å². The van der Waals surface area contributed by atoms with E-state index in [1.54, 1.807) is 29.2 Å². The second-order valence-corrected chi connectivity index (χ2v) is 5.51. The summed E-state index contributed by atoms with van der Waals surface area (Å²) in [4.78, 5) is 24.9. The van der Waals surface area contributed by atoms with Gasteiger partial charge < -0.3 is 10.4 Å². The molecule has 1 amide bonds. The molecule has 5 nitrogen and oxygen atoms in total. The van der Waals surface area contributed by atoms with Crippen LogP contribution in [0.4, 0.5) is 5.69 Å². The van der Waals surface area contributed by atoms with Gasteiger partial charge in [-0.05, 0) is 43.1 Å². The van der Waals surface area contributed by atoms with E-state index in [-0.39, 0.29) is 18.4 Å². The number of likely N-dealkylation sites (tertiary alicyclic amines) is 1. The molecule has 1 aromatic carbocycles. The average Bonchev–Trinajstić information content (AvgIpc) is 2.73. The molecule has 20 heavy (non-hydrogen) atoms. The van der Waals surface area contributed by atoms with Gasteiger partial charge in [0.2, 0.25) is 5.91 Å². The van der Waals surface area contributed by atoms with Crippen LogP contribution < -0.4 is 5.32 Å². The molecule has 6 heteroatoms. The van der Waals surface area contributed by atoms with E-state index in [1.165, 1.54) is 0 Å². The van der Waals surface area contributed by atoms with Crippen molar-refractivity contribution in [3.8, 4) is 0 Å². The molecule has 0 aliphatic carbocycles. The molecule has 0 aromatic heterocycles. The minimum absolute atomic E-state index is 0.0656. The number of halogens is 1. The first kappa shape index (κ1) is 14.8. The second-order valence-electron chi connectivity index (χ2n) is 5.07. The summed E-state index contributed by atoms with van der Waals surface area (Å²) in [6, 6.07) is 6.22. The number of hydrogen-bond donors (Lipinski definition) is 2. The highest BCUT2D eigenvalue weighted by Crippen LogP contribution is 2.23. The number of hydrogen-bond acceptors (Lipinski definition) is 3. The molecule has 1 saturated heterocycles. The van der Waals surface area contributed by atoms with E-state index in [4.69, 9.17) is 11.6 Å². The standard InChI is InChI=1S/C14H17ClN2O3/c1-9-6-7-17(13(9)14(19)20)8-12(18)16-11-4-2-10(15)3-5-11/h2-5,9,13H,6-8H2,1H3,(H,16,18)(H,19,20). The molecule has 2 rings (SSSR count). The Morgan fingerprint density at radius 3 is 2.65 bits per heavy atom. The number of aliphatic carboxylic acids is 1. The van der Waals surface area contributed by atoms with E-state index in [0.717, 1.165) is 6.42 Å². The van der Waals surface area contributed by atoms with E-state index in [1.807, 2.05) is 6.92 Å². The number of carboxylic acid groups (broad SMARTS) is 1. The lowest BCUT2D eigenvalue weighted by molar-refractivity contribution is -0.143. The highest BCUT2D eigenvalue weighted by molar-refractivity contribution is 6.30. The van der Waals surface area contributed by atoms with Crippen LogP contribution in [0.5, 0.6) is 0 Å². The zero-order valence-corrected chi connectivity index (χ0v) is 11.9. The van der Waals surface area contributed by atoms with Gasteiger partial charge in [-0.2, -0.15) is 0 Å². The fourth-order valence-electron chi connectivity index (χ4n) is 2.52. The Balaban J connectivity index is 1.94. The van der Waals surface area contributed by atoms with Gasteiger partial charge >= 0.3 is 5.97 Å². The summed E-state index contributed by atoms with van der Waals surface area (Å²) in [5, 5.41) is 12.5. The number of nitrogens with one attached hydrogen (secondary N) is 1. The van der Waals surface area contributed by atoms with Crippen molar-refractivity contribution in [3.63, 3.8) is 0 Å². The Bertz CT molecular complexity index is 504. The molecular formula is C14H17ClN2O3. The quantitative estimate of drug-likeness (QED) is 0.892. The average molecular weight is 297 g/mol. The molecule has 1 fully saturated rings.